The van der Waals surface area contributed by atoms with E-state index in [4.69, 9.17) is 4.74 Å². The molecule has 25 heavy (non-hydrogen) atoms. The van der Waals surface area contributed by atoms with Crippen LogP contribution in [0.5, 0.6) is 0 Å². The van der Waals surface area contributed by atoms with Crippen LogP contribution in [0.25, 0.3) is 0 Å². The highest BCUT2D eigenvalue weighted by atomic mass is 16.6. The zero-order chi connectivity index (χ0) is 19.0. The van der Waals surface area contributed by atoms with Crippen LogP contribution in [0.3, 0.4) is 0 Å². The number of hydrogen-bond donors (Lipinski definition) is 0. The number of amides is 1. The molecule has 1 aliphatic rings. The van der Waals surface area contributed by atoms with Crippen molar-refractivity contribution in [2.24, 2.45) is 0 Å². The van der Waals surface area contributed by atoms with Crippen molar-refractivity contribution in [2.45, 2.75) is 78.5 Å². The second-order valence-corrected chi connectivity index (χ2v) is 9.29. The Labute approximate surface area is 153 Å². The van der Waals surface area contributed by atoms with Gasteiger partial charge < -0.3 is 9.64 Å². The summed E-state index contributed by atoms with van der Waals surface area (Å²) in [6.45, 7) is 18.2. The number of ether oxygens (including phenoxy) is 1. The zero-order valence-electron chi connectivity index (χ0n) is 17.1. The Morgan fingerprint density at radius 3 is 1.84 bits per heavy atom. The Morgan fingerprint density at radius 1 is 0.960 bits per heavy atom. The standard InChI is InChI=1S/C21H34N2O2/c1-15-13-22(18-11-9-17(10-12-18)20(3,4)5)14-16(2)23(15)19(24)25-21(6,7)8/h9-12,15-16H,13-14H2,1-8H3. The first kappa shape index (κ1) is 19.6. The molecule has 2 unspecified atom stereocenters. The van der Waals surface area contributed by atoms with E-state index in [9.17, 15) is 4.79 Å². The minimum atomic E-state index is -0.462. The molecule has 1 aromatic carbocycles. The fraction of sp³-hybridized carbons (Fsp3) is 0.667. The number of piperazine rings is 1. The average Bonchev–Trinajstić information content (AvgIpc) is 2.43. The summed E-state index contributed by atoms with van der Waals surface area (Å²) in [5.74, 6) is 0. The van der Waals surface area contributed by atoms with Gasteiger partial charge >= 0.3 is 6.09 Å². The summed E-state index contributed by atoms with van der Waals surface area (Å²) in [5, 5.41) is 0. The second-order valence-electron chi connectivity index (χ2n) is 9.29. The van der Waals surface area contributed by atoms with Gasteiger partial charge in [0.05, 0.1) is 12.1 Å². The lowest BCUT2D eigenvalue weighted by molar-refractivity contribution is 0.00566. The maximum Gasteiger partial charge on any atom is 0.410 e. The van der Waals surface area contributed by atoms with Gasteiger partial charge in [-0.1, -0.05) is 32.9 Å². The summed E-state index contributed by atoms with van der Waals surface area (Å²) < 4.78 is 5.58. The van der Waals surface area contributed by atoms with Crippen molar-refractivity contribution in [1.29, 1.82) is 0 Å². The van der Waals surface area contributed by atoms with Crippen molar-refractivity contribution in [3.63, 3.8) is 0 Å². The van der Waals surface area contributed by atoms with Crippen LogP contribution in [-0.4, -0.2) is 41.8 Å². The Balaban J connectivity index is 2.10. The summed E-state index contributed by atoms with van der Waals surface area (Å²) in [4.78, 5) is 16.8. The molecular weight excluding hydrogens is 312 g/mol. The molecule has 140 valence electrons. The minimum Gasteiger partial charge on any atom is -0.444 e. The molecule has 2 atom stereocenters. The molecule has 1 heterocycles. The van der Waals surface area contributed by atoms with Crippen LogP contribution in [0.1, 0.15) is 61.0 Å². The van der Waals surface area contributed by atoms with E-state index >= 15 is 0 Å². The Hall–Kier alpha value is -1.71. The molecule has 1 amide bonds. The van der Waals surface area contributed by atoms with Crippen molar-refractivity contribution in [3.05, 3.63) is 29.8 Å². The third kappa shape index (κ3) is 4.90. The predicted octanol–water partition coefficient (Wildman–Crippen LogP) is 4.82. The molecule has 1 aromatic rings. The maximum absolute atomic E-state index is 12.5. The summed E-state index contributed by atoms with van der Waals surface area (Å²) in [6, 6.07) is 9.05. The van der Waals surface area contributed by atoms with E-state index in [1.54, 1.807) is 0 Å². The van der Waals surface area contributed by atoms with Gasteiger partial charge in [0.1, 0.15) is 5.60 Å². The van der Waals surface area contributed by atoms with Gasteiger partial charge in [0.25, 0.3) is 0 Å². The van der Waals surface area contributed by atoms with Gasteiger partial charge in [-0.15, -0.1) is 0 Å². The summed E-state index contributed by atoms with van der Waals surface area (Å²) >= 11 is 0. The molecule has 2 rings (SSSR count). The Morgan fingerprint density at radius 2 is 1.44 bits per heavy atom. The van der Waals surface area contributed by atoms with Gasteiger partial charge in [0.15, 0.2) is 0 Å². The van der Waals surface area contributed by atoms with E-state index in [-0.39, 0.29) is 23.6 Å². The number of anilines is 1. The molecule has 0 bridgehead atoms. The maximum atomic E-state index is 12.5. The zero-order valence-corrected chi connectivity index (χ0v) is 17.1. The summed E-state index contributed by atoms with van der Waals surface area (Å²) in [7, 11) is 0. The molecule has 0 N–H and O–H groups in total. The van der Waals surface area contributed by atoms with Crippen LogP contribution < -0.4 is 4.90 Å². The normalized spacial score (nSPS) is 22.1. The van der Waals surface area contributed by atoms with Crippen LogP contribution in [0.2, 0.25) is 0 Å². The van der Waals surface area contributed by atoms with Crippen LogP contribution >= 0.6 is 0 Å². The largest absolute Gasteiger partial charge is 0.444 e. The molecule has 0 saturated carbocycles. The van der Waals surface area contributed by atoms with E-state index in [0.717, 1.165) is 13.1 Å². The lowest BCUT2D eigenvalue weighted by atomic mass is 9.87. The molecule has 4 heteroatoms. The molecule has 0 spiro atoms. The Bertz CT molecular complexity index is 584. The number of benzene rings is 1. The highest BCUT2D eigenvalue weighted by molar-refractivity contribution is 5.69. The quantitative estimate of drug-likeness (QED) is 0.731. The van der Waals surface area contributed by atoms with E-state index in [0.29, 0.717) is 0 Å². The van der Waals surface area contributed by atoms with Crippen molar-refractivity contribution < 1.29 is 9.53 Å². The molecule has 1 fully saturated rings. The van der Waals surface area contributed by atoms with Gasteiger partial charge in [-0.25, -0.2) is 4.79 Å². The molecular formula is C21H34N2O2. The topological polar surface area (TPSA) is 32.8 Å². The Kier molecular flexibility index (Phi) is 5.41. The van der Waals surface area contributed by atoms with Gasteiger partial charge in [-0.3, -0.25) is 4.90 Å². The third-order valence-electron chi connectivity index (χ3n) is 4.62. The lowest BCUT2D eigenvalue weighted by Gasteiger charge is -2.45. The van der Waals surface area contributed by atoms with Crippen LogP contribution in [0.15, 0.2) is 24.3 Å². The number of carbonyl (C=O) groups is 1. The highest BCUT2D eigenvalue weighted by Gasteiger charge is 2.35. The number of carbonyl (C=O) groups excluding carboxylic acids is 1. The lowest BCUT2D eigenvalue weighted by Crippen LogP contribution is -2.59. The van der Waals surface area contributed by atoms with E-state index in [2.05, 4.69) is 63.8 Å². The molecule has 0 aromatic heterocycles. The van der Waals surface area contributed by atoms with Crippen LogP contribution in [-0.2, 0) is 10.2 Å². The molecule has 1 saturated heterocycles. The fourth-order valence-electron chi connectivity index (χ4n) is 3.38. The van der Waals surface area contributed by atoms with Crippen molar-refractivity contribution in [3.8, 4) is 0 Å². The average molecular weight is 347 g/mol. The van der Waals surface area contributed by atoms with Crippen molar-refractivity contribution >= 4 is 11.8 Å². The van der Waals surface area contributed by atoms with Gasteiger partial charge in [-0.2, -0.15) is 0 Å². The molecule has 1 aliphatic heterocycles. The third-order valence-corrected chi connectivity index (χ3v) is 4.62. The smallest absolute Gasteiger partial charge is 0.410 e. The van der Waals surface area contributed by atoms with E-state index in [1.807, 2.05) is 25.7 Å². The van der Waals surface area contributed by atoms with E-state index < -0.39 is 5.60 Å². The minimum absolute atomic E-state index is 0.112. The SMILES string of the molecule is CC1CN(c2ccc(C(C)(C)C)cc2)CC(C)N1C(=O)OC(C)(C)C. The molecule has 4 nitrogen and oxygen atoms in total. The number of nitrogens with zero attached hydrogens (tertiary/aromatic N) is 2. The van der Waals surface area contributed by atoms with Gasteiger partial charge in [0.2, 0.25) is 0 Å². The number of rotatable bonds is 1. The highest BCUT2D eigenvalue weighted by Crippen LogP contribution is 2.28. The number of hydrogen-bond acceptors (Lipinski definition) is 3. The first-order chi connectivity index (χ1) is 11.4. The monoisotopic (exact) mass is 346 g/mol. The molecule has 0 aliphatic carbocycles. The second kappa shape index (κ2) is 6.89. The van der Waals surface area contributed by atoms with Crippen LogP contribution in [0, 0.1) is 0 Å². The van der Waals surface area contributed by atoms with Crippen LogP contribution in [0.4, 0.5) is 10.5 Å². The van der Waals surface area contributed by atoms with Gasteiger partial charge in [0, 0.05) is 18.8 Å². The molecule has 0 radical (unpaired) electrons. The first-order valence-electron chi connectivity index (χ1n) is 9.25. The van der Waals surface area contributed by atoms with Crippen molar-refractivity contribution in [2.75, 3.05) is 18.0 Å². The fourth-order valence-corrected chi connectivity index (χ4v) is 3.38. The summed E-state index contributed by atoms with van der Waals surface area (Å²) in [5.41, 5.74) is 2.26. The van der Waals surface area contributed by atoms with Crippen molar-refractivity contribution in [1.82, 2.24) is 4.90 Å². The summed E-state index contributed by atoms with van der Waals surface area (Å²) in [6.07, 6.45) is -0.213. The first-order valence-corrected chi connectivity index (χ1v) is 9.25. The predicted molar refractivity (Wildman–Crippen MR) is 104 cm³/mol. The van der Waals surface area contributed by atoms with E-state index in [1.165, 1.54) is 11.3 Å². The van der Waals surface area contributed by atoms with Gasteiger partial charge in [-0.05, 0) is 57.7 Å².